The van der Waals surface area contributed by atoms with Crippen LogP contribution in [0.15, 0.2) is 42.5 Å². The minimum absolute atomic E-state index is 0.0529. The van der Waals surface area contributed by atoms with Crippen LogP contribution in [0.4, 0.5) is 18.9 Å². The molecule has 24 heavy (non-hydrogen) atoms. The second-order valence-corrected chi connectivity index (χ2v) is 4.83. The first kappa shape index (κ1) is 17.3. The van der Waals surface area contributed by atoms with E-state index in [-0.39, 0.29) is 16.8 Å². The molecule has 0 heterocycles. The van der Waals surface area contributed by atoms with Crippen LogP contribution in [0.5, 0.6) is 5.75 Å². The highest BCUT2D eigenvalue weighted by Crippen LogP contribution is 2.24. The molecule has 0 saturated carbocycles. The van der Waals surface area contributed by atoms with Crippen molar-refractivity contribution in [3.8, 4) is 5.75 Å². The van der Waals surface area contributed by atoms with Crippen molar-refractivity contribution in [2.75, 3.05) is 5.32 Å². The molecule has 0 unspecified atom stereocenters. The molecule has 2 N–H and O–H groups in total. The minimum Gasteiger partial charge on any atom is -0.478 e. The standard InChI is InChI=1S/C16H12F3NO4/c1-9-3-2-4-12(13(9)15(22)23)20-14(21)10-5-7-11(8-6-10)24-16(17,18)19/h2-8H,1H3,(H,20,21)(H,22,23). The lowest BCUT2D eigenvalue weighted by Crippen LogP contribution is -2.18. The molecule has 2 aromatic rings. The Bertz CT molecular complexity index is 770. The van der Waals surface area contributed by atoms with E-state index < -0.39 is 24.0 Å². The van der Waals surface area contributed by atoms with E-state index in [9.17, 15) is 27.9 Å². The van der Waals surface area contributed by atoms with Gasteiger partial charge in [-0.1, -0.05) is 12.1 Å². The van der Waals surface area contributed by atoms with Gasteiger partial charge in [0.2, 0.25) is 0 Å². The number of alkyl halides is 3. The summed E-state index contributed by atoms with van der Waals surface area (Å²) < 4.78 is 40.0. The smallest absolute Gasteiger partial charge is 0.478 e. The second kappa shape index (κ2) is 6.61. The summed E-state index contributed by atoms with van der Waals surface area (Å²) in [5.74, 6) is -2.31. The number of carboxylic acid groups (broad SMARTS) is 1. The highest BCUT2D eigenvalue weighted by atomic mass is 19.4. The molecule has 0 radical (unpaired) electrons. The number of benzene rings is 2. The van der Waals surface area contributed by atoms with E-state index in [1.54, 1.807) is 19.1 Å². The molecule has 0 aliphatic rings. The molecule has 0 spiro atoms. The third-order valence-corrected chi connectivity index (χ3v) is 3.08. The van der Waals surface area contributed by atoms with Gasteiger partial charge in [0.15, 0.2) is 0 Å². The molecule has 0 aliphatic heterocycles. The van der Waals surface area contributed by atoms with Gasteiger partial charge < -0.3 is 15.2 Å². The fraction of sp³-hybridized carbons (Fsp3) is 0.125. The van der Waals surface area contributed by atoms with Crippen LogP contribution in [0, 0.1) is 6.92 Å². The normalized spacial score (nSPS) is 11.0. The highest BCUT2D eigenvalue weighted by molar-refractivity contribution is 6.08. The summed E-state index contributed by atoms with van der Waals surface area (Å²) in [7, 11) is 0. The Morgan fingerprint density at radius 3 is 2.25 bits per heavy atom. The Kier molecular flexibility index (Phi) is 4.77. The monoisotopic (exact) mass is 339 g/mol. The van der Waals surface area contributed by atoms with E-state index in [0.29, 0.717) is 5.56 Å². The van der Waals surface area contributed by atoms with Gasteiger partial charge in [-0.15, -0.1) is 13.2 Å². The number of anilines is 1. The van der Waals surface area contributed by atoms with Gasteiger partial charge in [0, 0.05) is 5.56 Å². The fourth-order valence-corrected chi connectivity index (χ4v) is 2.06. The van der Waals surface area contributed by atoms with Crippen molar-refractivity contribution in [3.63, 3.8) is 0 Å². The number of aryl methyl sites for hydroxylation is 1. The maximum Gasteiger partial charge on any atom is 0.573 e. The Morgan fingerprint density at radius 2 is 1.71 bits per heavy atom. The van der Waals surface area contributed by atoms with E-state index >= 15 is 0 Å². The summed E-state index contributed by atoms with van der Waals surface area (Å²) >= 11 is 0. The van der Waals surface area contributed by atoms with Crippen LogP contribution in [0.3, 0.4) is 0 Å². The lowest BCUT2D eigenvalue weighted by Gasteiger charge is -2.11. The van der Waals surface area contributed by atoms with Crippen LogP contribution in [0.25, 0.3) is 0 Å². The van der Waals surface area contributed by atoms with E-state index in [1.807, 2.05) is 0 Å². The summed E-state index contributed by atoms with van der Waals surface area (Å²) in [5.41, 5.74) is 0.572. The van der Waals surface area contributed by atoms with E-state index in [1.165, 1.54) is 6.07 Å². The zero-order chi connectivity index (χ0) is 17.9. The van der Waals surface area contributed by atoms with Gasteiger partial charge in [-0.3, -0.25) is 4.79 Å². The number of hydrogen-bond donors (Lipinski definition) is 2. The third kappa shape index (κ3) is 4.25. The number of aromatic carboxylic acids is 1. The van der Waals surface area contributed by atoms with Crippen LogP contribution in [-0.2, 0) is 0 Å². The average Bonchev–Trinajstić information content (AvgIpc) is 2.45. The summed E-state index contributed by atoms with van der Waals surface area (Å²) in [6, 6.07) is 8.88. The molecule has 5 nitrogen and oxygen atoms in total. The van der Waals surface area contributed by atoms with Gasteiger partial charge in [-0.2, -0.15) is 0 Å². The predicted molar refractivity (Wildman–Crippen MR) is 79.2 cm³/mol. The van der Waals surface area contributed by atoms with Gasteiger partial charge in [-0.05, 0) is 42.8 Å². The van der Waals surface area contributed by atoms with Crippen LogP contribution < -0.4 is 10.1 Å². The molecule has 2 rings (SSSR count). The maximum atomic E-state index is 12.1. The molecule has 0 fully saturated rings. The molecule has 0 aromatic heterocycles. The van der Waals surface area contributed by atoms with E-state index in [4.69, 9.17) is 0 Å². The number of carbonyl (C=O) groups excluding carboxylic acids is 1. The van der Waals surface area contributed by atoms with Crippen molar-refractivity contribution >= 4 is 17.6 Å². The summed E-state index contributed by atoms with van der Waals surface area (Å²) in [6.07, 6.45) is -4.82. The van der Waals surface area contributed by atoms with E-state index in [2.05, 4.69) is 10.1 Å². The van der Waals surface area contributed by atoms with Gasteiger partial charge >= 0.3 is 12.3 Å². The zero-order valence-electron chi connectivity index (χ0n) is 12.3. The molecule has 8 heteroatoms. The SMILES string of the molecule is Cc1cccc(NC(=O)c2ccc(OC(F)(F)F)cc2)c1C(=O)O. The summed E-state index contributed by atoms with van der Waals surface area (Å²) in [6.45, 7) is 1.59. The predicted octanol–water partition coefficient (Wildman–Crippen LogP) is 3.84. The number of carboxylic acids is 1. The molecule has 0 aliphatic carbocycles. The first-order valence-corrected chi connectivity index (χ1v) is 6.67. The Balaban J connectivity index is 2.19. The van der Waals surface area contributed by atoms with Crippen LogP contribution >= 0.6 is 0 Å². The topological polar surface area (TPSA) is 75.6 Å². The van der Waals surface area contributed by atoms with Crippen LogP contribution in [0.1, 0.15) is 26.3 Å². The number of halogens is 3. The summed E-state index contributed by atoms with van der Waals surface area (Å²) in [5, 5.41) is 11.6. The zero-order valence-corrected chi connectivity index (χ0v) is 12.3. The molecule has 0 saturated heterocycles. The largest absolute Gasteiger partial charge is 0.573 e. The second-order valence-electron chi connectivity index (χ2n) is 4.83. The number of ether oxygens (including phenoxy) is 1. The van der Waals surface area contributed by atoms with Crippen LogP contribution in [-0.4, -0.2) is 23.3 Å². The van der Waals surface area contributed by atoms with Gasteiger partial charge in [0.25, 0.3) is 5.91 Å². The summed E-state index contributed by atoms with van der Waals surface area (Å²) in [4.78, 5) is 23.4. The first-order chi connectivity index (χ1) is 11.2. The molecule has 0 bridgehead atoms. The molecule has 2 aromatic carbocycles. The third-order valence-electron chi connectivity index (χ3n) is 3.08. The Labute approximate surface area is 134 Å². The molecular weight excluding hydrogens is 327 g/mol. The number of nitrogens with one attached hydrogen (secondary N) is 1. The number of amides is 1. The fourth-order valence-electron chi connectivity index (χ4n) is 2.06. The Hall–Kier alpha value is -3.03. The lowest BCUT2D eigenvalue weighted by molar-refractivity contribution is -0.274. The lowest BCUT2D eigenvalue weighted by atomic mass is 10.1. The number of carbonyl (C=O) groups is 2. The number of hydrogen-bond acceptors (Lipinski definition) is 3. The van der Waals surface area contributed by atoms with Gasteiger partial charge in [0.05, 0.1) is 11.3 Å². The molecular formula is C16H12F3NO4. The molecule has 1 amide bonds. The van der Waals surface area contributed by atoms with Crippen molar-refractivity contribution in [1.29, 1.82) is 0 Å². The quantitative estimate of drug-likeness (QED) is 0.887. The van der Waals surface area contributed by atoms with Crippen molar-refractivity contribution in [3.05, 3.63) is 59.2 Å². The molecule has 126 valence electrons. The van der Waals surface area contributed by atoms with Crippen molar-refractivity contribution in [2.45, 2.75) is 13.3 Å². The minimum atomic E-state index is -4.82. The van der Waals surface area contributed by atoms with Crippen molar-refractivity contribution in [1.82, 2.24) is 0 Å². The number of rotatable bonds is 4. The van der Waals surface area contributed by atoms with Gasteiger partial charge in [0.1, 0.15) is 5.75 Å². The molecule has 0 atom stereocenters. The van der Waals surface area contributed by atoms with Crippen molar-refractivity contribution in [2.24, 2.45) is 0 Å². The van der Waals surface area contributed by atoms with E-state index in [0.717, 1.165) is 24.3 Å². The van der Waals surface area contributed by atoms with Gasteiger partial charge in [-0.25, -0.2) is 4.79 Å². The average molecular weight is 339 g/mol. The Morgan fingerprint density at radius 1 is 1.08 bits per heavy atom. The maximum absolute atomic E-state index is 12.1. The van der Waals surface area contributed by atoms with Crippen molar-refractivity contribution < 1.29 is 32.6 Å². The van der Waals surface area contributed by atoms with Crippen LogP contribution in [0.2, 0.25) is 0 Å². The highest BCUT2D eigenvalue weighted by Gasteiger charge is 2.31. The first-order valence-electron chi connectivity index (χ1n) is 6.67.